The molecule has 0 atom stereocenters. The van der Waals surface area contributed by atoms with Gasteiger partial charge in [0.15, 0.2) is 0 Å². The maximum Gasteiger partial charge on any atom is 0.271 e. The van der Waals surface area contributed by atoms with Crippen LogP contribution in [0, 0.1) is 6.92 Å². The molecule has 0 radical (unpaired) electrons. The summed E-state index contributed by atoms with van der Waals surface area (Å²) in [6.45, 7) is 3.91. The fourth-order valence-electron chi connectivity index (χ4n) is 1.05. The SMILES string of the molecule is CC/C=N\NC(=O)c1cccc(C)c1. The van der Waals surface area contributed by atoms with E-state index in [1.165, 1.54) is 0 Å². The lowest BCUT2D eigenvalue weighted by molar-refractivity contribution is 0.0955. The van der Waals surface area contributed by atoms with Crippen molar-refractivity contribution in [3.8, 4) is 0 Å². The smallest absolute Gasteiger partial charge is 0.267 e. The van der Waals surface area contributed by atoms with Gasteiger partial charge in [-0.05, 0) is 25.5 Å². The molecule has 0 aromatic heterocycles. The molecule has 3 nitrogen and oxygen atoms in total. The maximum atomic E-state index is 11.4. The normalized spacial score (nSPS) is 10.4. The number of nitrogens with one attached hydrogen (secondary N) is 1. The quantitative estimate of drug-likeness (QED) is 0.575. The van der Waals surface area contributed by atoms with Gasteiger partial charge in [-0.1, -0.05) is 24.6 Å². The van der Waals surface area contributed by atoms with Crippen LogP contribution < -0.4 is 5.43 Å². The van der Waals surface area contributed by atoms with E-state index in [1.807, 2.05) is 32.0 Å². The van der Waals surface area contributed by atoms with Gasteiger partial charge in [-0.3, -0.25) is 4.79 Å². The Kier molecular flexibility index (Phi) is 3.85. The molecular formula is C11H14N2O. The van der Waals surface area contributed by atoms with Gasteiger partial charge in [0.1, 0.15) is 0 Å². The van der Waals surface area contributed by atoms with E-state index in [-0.39, 0.29) is 5.91 Å². The predicted molar refractivity (Wildman–Crippen MR) is 57.4 cm³/mol. The molecule has 1 amide bonds. The number of nitrogens with zero attached hydrogens (tertiary/aromatic N) is 1. The largest absolute Gasteiger partial charge is 0.271 e. The predicted octanol–water partition coefficient (Wildman–Crippen LogP) is 2.12. The van der Waals surface area contributed by atoms with Gasteiger partial charge >= 0.3 is 0 Å². The topological polar surface area (TPSA) is 41.5 Å². The van der Waals surface area contributed by atoms with Crippen LogP contribution in [0.25, 0.3) is 0 Å². The zero-order chi connectivity index (χ0) is 10.4. The first-order chi connectivity index (χ1) is 6.74. The van der Waals surface area contributed by atoms with Crippen molar-refractivity contribution >= 4 is 12.1 Å². The highest BCUT2D eigenvalue weighted by atomic mass is 16.2. The van der Waals surface area contributed by atoms with Gasteiger partial charge in [0, 0.05) is 11.8 Å². The highest BCUT2D eigenvalue weighted by Gasteiger charge is 2.02. The Morgan fingerprint density at radius 2 is 2.36 bits per heavy atom. The summed E-state index contributed by atoms with van der Waals surface area (Å²) in [5.41, 5.74) is 4.16. The van der Waals surface area contributed by atoms with E-state index in [2.05, 4.69) is 10.5 Å². The molecule has 1 rings (SSSR count). The molecular weight excluding hydrogens is 176 g/mol. The second-order valence-electron chi connectivity index (χ2n) is 3.03. The molecule has 3 heteroatoms. The summed E-state index contributed by atoms with van der Waals surface area (Å²) in [4.78, 5) is 11.4. The lowest BCUT2D eigenvalue weighted by atomic mass is 10.1. The molecule has 0 heterocycles. The van der Waals surface area contributed by atoms with Crippen molar-refractivity contribution in [2.45, 2.75) is 20.3 Å². The van der Waals surface area contributed by atoms with E-state index in [4.69, 9.17) is 0 Å². The number of aryl methyl sites for hydroxylation is 1. The van der Waals surface area contributed by atoms with Crippen molar-refractivity contribution in [1.82, 2.24) is 5.43 Å². The molecule has 1 aromatic rings. The minimum absolute atomic E-state index is 0.168. The summed E-state index contributed by atoms with van der Waals surface area (Å²) in [6.07, 6.45) is 2.47. The van der Waals surface area contributed by atoms with Crippen LogP contribution in [0.15, 0.2) is 29.4 Å². The number of rotatable bonds is 3. The monoisotopic (exact) mass is 190 g/mol. The van der Waals surface area contributed by atoms with Crippen LogP contribution in [0.5, 0.6) is 0 Å². The fourth-order valence-corrected chi connectivity index (χ4v) is 1.05. The van der Waals surface area contributed by atoms with Crippen molar-refractivity contribution in [1.29, 1.82) is 0 Å². The van der Waals surface area contributed by atoms with Gasteiger partial charge in [-0.2, -0.15) is 5.10 Å². The molecule has 0 unspecified atom stereocenters. The van der Waals surface area contributed by atoms with Crippen molar-refractivity contribution in [3.05, 3.63) is 35.4 Å². The van der Waals surface area contributed by atoms with Crippen molar-refractivity contribution in [2.24, 2.45) is 5.10 Å². The molecule has 0 saturated carbocycles. The average molecular weight is 190 g/mol. The third kappa shape index (κ3) is 3.01. The summed E-state index contributed by atoms with van der Waals surface area (Å²) < 4.78 is 0. The molecule has 0 saturated heterocycles. The minimum atomic E-state index is -0.168. The summed E-state index contributed by atoms with van der Waals surface area (Å²) in [5, 5.41) is 3.77. The fraction of sp³-hybridized carbons (Fsp3) is 0.273. The van der Waals surface area contributed by atoms with E-state index < -0.39 is 0 Å². The van der Waals surface area contributed by atoms with Crippen LogP contribution in [0.2, 0.25) is 0 Å². The molecule has 74 valence electrons. The Balaban J connectivity index is 2.65. The summed E-state index contributed by atoms with van der Waals surface area (Å²) >= 11 is 0. The Labute approximate surface area is 83.8 Å². The van der Waals surface area contributed by atoms with Crippen LogP contribution in [0.4, 0.5) is 0 Å². The van der Waals surface area contributed by atoms with Crippen molar-refractivity contribution in [3.63, 3.8) is 0 Å². The first-order valence-electron chi connectivity index (χ1n) is 4.62. The van der Waals surface area contributed by atoms with Gasteiger partial charge in [0.2, 0.25) is 0 Å². The number of hydrogen-bond donors (Lipinski definition) is 1. The molecule has 14 heavy (non-hydrogen) atoms. The van der Waals surface area contributed by atoms with Crippen LogP contribution in [-0.2, 0) is 0 Å². The summed E-state index contributed by atoms with van der Waals surface area (Å²) in [6, 6.07) is 7.40. The number of carbonyl (C=O) groups excluding carboxylic acids is 1. The Bertz CT molecular complexity index is 345. The first-order valence-corrected chi connectivity index (χ1v) is 4.62. The van der Waals surface area contributed by atoms with E-state index in [1.54, 1.807) is 12.3 Å². The second kappa shape index (κ2) is 5.17. The van der Waals surface area contributed by atoms with Crippen LogP contribution in [0.1, 0.15) is 29.3 Å². The lowest BCUT2D eigenvalue weighted by Gasteiger charge is -2.00. The van der Waals surface area contributed by atoms with E-state index >= 15 is 0 Å². The standard InChI is InChI=1S/C11H14N2O/c1-3-7-12-13-11(14)10-6-4-5-9(2)8-10/h4-8H,3H2,1-2H3,(H,13,14)/b12-7-. The van der Waals surface area contributed by atoms with Crippen molar-refractivity contribution in [2.75, 3.05) is 0 Å². The van der Waals surface area contributed by atoms with E-state index in [0.29, 0.717) is 5.56 Å². The number of hydrazone groups is 1. The van der Waals surface area contributed by atoms with Crippen LogP contribution >= 0.6 is 0 Å². The van der Waals surface area contributed by atoms with Gasteiger partial charge in [-0.25, -0.2) is 5.43 Å². The molecule has 1 aromatic carbocycles. The van der Waals surface area contributed by atoms with Crippen LogP contribution in [-0.4, -0.2) is 12.1 Å². The number of hydrogen-bond acceptors (Lipinski definition) is 2. The zero-order valence-corrected chi connectivity index (χ0v) is 8.45. The van der Waals surface area contributed by atoms with Crippen molar-refractivity contribution < 1.29 is 4.79 Å². The Morgan fingerprint density at radius 3 is 3.00 bits per heavy atom. The third-order valence-electron chi connectivity index (χ3n) is 1.72. The summed E-state index contributed by atoms with van der Waals surface area (Å²) in [5.74, 6) is -0.168. The highest BCUT2D eigenvalue weighted by molar-refractivity contribution is 5.94. The molecule has 0 fully saturated rings. The third-order valence-corrected chi connectivity index (χ3v) is 1.72. The van der Waals surface area contributed by atoms with Gasteiger partial charge in [-0.15, -0.1) is 0 Å². The number of amides is 1. The first kappa shape index (κ1) is 10.4. The van der Waals surface area contributed by atoms with Gasteiger partial charge < -0.3 is 0 Å². The Morgan fingerprint density at radius 1 is 1.57 bits per heavy atom. The molecule has 0 bridgehead atoms. The average Bonchev–Trinajstić information content (AvgIpc) is 2.18. The van der Waals surface area contributed by atoms with Gasteiger partial charge in [0.25, 0.3) is 5.91 Å². The lowest BCUT2D eigenvalue weighted by Crippen LogP contribution is -2.17. The van der Waals surface area contributed by atoms with Gasteiger partial charge in [0.05, 0.1) is 0 Å². The number of benzene rings is 1. The van der Waals surface area contributed by atoms with E-state index in [9.17, 15) is 4.79 Å². The summed E-state index contributed by atoms with van der Waals surface area (Å²) in [7, 11) is 0. The molecule has 0 aliphatic rings. The molecule has 0 aliphatic heterocycles. The molecule has 1 N–H and O–H groups in total. The van der Waals surface area contributed by atoms with E-state index in [0.717, 1.165) is 12.0 Å². The zero-order valence-electron chi connectivity index (χ0n) is 8.45. The Hall–Kier alpha value is -1.64. The minimum Gasteiger partial charge on any atom is -0.267 e. The number of carbonyl (C=O) groups is 1. The molecule has 0 aliphatic carbocycles. The molecule has 0 spiro atoms. The van der Waals surface area contributed by atoms with Crippen LogP contribution in [0.3, 0.4) is 0 Å². The second-order valence-corrected chi connectivity index (χ2v) is 3.03. The maximum absolute atomic E-state index is 11.4. The highest BCUT2D eigenvalue weighted by Crippen LogP contribution is 2.03.